The molecule has 0 amide bonds. The summed E-state index contributed by atoms with van der Waals surface area (Å²) in [5, 5.41) is 10.4. The molecule has 1 atom stereocenters. The van der Waals surface area contributed by atoms with Gasteiger partial charge >= 0.3 is 0 Å². The molecule has 18 heavy (non-hydrogen) atoms. The zero-order valence-corrected chi connectivity index (χ0v) is 10.4. The van der Waals surface area contributed by atoms with E-state index in [1.54, 1.807) is 0 Å². The largest absolute Gasteiger partial charge is 0.388 e. The van der Waals surface area contributed by atoms with Crippen LogP contribution < -0.4 is 0 Å². The molecule has 1 aliphatic rings. The fourth-order valence-corrected chi connectivity index (χ4v) is 2.53. The first-order valence-electron chi connectivity index (χ1n) is 6.65. The van der Waals surface area contributed by atoms with Gasteiger partial charge in [0.2, 0.25) is 0 Å². The van der Waals surface area contributed by atoms with Gasteiger partial charge in [0, 0.05) is 6.42 Å². The smallest absolute Gasteiger partial charge is 0.0833 e. The van der Waals surface area contributed by atoms with E-state index in [-0.39, 0.29) is 6.10 Å². The van der Waals surface area contributed by atoms with E-state index in [2.05, 4.69) is 30.3 Å². The molecule has 1 saturated carbocycles. The Morgan fingerprint density at radius 2 is 1.61 bits per heavy atom. The van der Waals surface area contributed by atoms with E-state index < -0.39 is 0 Å². The van der Waals surface area contributed by atoms with Gasteiger partial charge in [0.05, 0.1) is 6.10 Å². The molecule has 1 fully saturated rings. The SMILES string of the molecule is OC(Cc1ccccc1)c1ccccc1C1CC1. The van der Waals surface area contributed by atoms with Gasteiger partial charge in [-0.05, 0) is 35.4 Å². The van der Waals surface area contributed by atoms with Crippen LogP contribution in [0.3, 0.4) is 0 Å². The van der Waals surface area contributed by atoms with Crippen LogP contribution in [0.5, 0.6) is 0 Å². The maximum atomic E-state index is 10.4. The highest BCUT2D eigenvalue weighted by Gasteiger charge is 2.27. The summed E-state index contributed by atoms with van der Waals surface area (Å²) in [6.07, 6.45) is 2.86. The molecule has 2 aromatic carbocycles. The molecule has 1 aliphatic carbocycles. The lowest BCUT2D eigenvalue weighted by Crippen LogP contribution is -2.04. The summed E-state index contributed by atoms with van der Waals surface area (Å²) in [4.78, 5) is 0. The lowest BCUT2D eigenvalue weighted by atomic mass is 9.95. The first-order valence-corrected chi connectivity index (χ1v) is 6.65. The second-order valence-electron chi connectivity index (χ2n) is 5.11. The molecule has 2 aromatic rings. The molecule has 1 heteroatoms. The van der Waals surface area contributed by atoms with Crippen molar-refractivity contribution in [3.63, 3.8) is 0 Å². The van der Waals surface area contributed by atoms with Crippen molar-refractivity contribution in [1.82, 2.24) is 0 Å². The van der Waals surface area contributed by atoms with Gasteiger partial charge in [-0.1, -0.05) is 54.6 Å². The van der Waals surface area contributed by atoms with Crippen molar-refractivity contribution in [2.75, 3.05) is 0 Å². The van der Waals surface area contributed by atoms with Crippen molar-refractivity contribution in [2.24, 2.45) is 0 Å². The van der Waals surface area contributed by atoms with Gasteiger partial charge in [0.1, 0.15) is 0 Å². The Bertz CT molecular complexity index is 514. The minimum Gasteiger partial charge on any atom is -0.388 e. The quantitative estimate of drug-likeness (QED) is 0.858. The standard InChI is InChI=1S/C17H18O/c18-17(12-13-6-2-1-3-7-13)16-9-5-4-8-15(16)14-10-11-14/h1-9,14,17-18H,10-12H2. The van der Waals surface area contributed by atoms with Crippen LogP contribution in [0, 0.1) is 0 Å². The van der Waals surface area contributed by atoms with Crippen LogP contribution >= 0.6 is 0 Å². The molecule has 1 nitrogen and oxygen atoms in total. The van der Waals surface area contributed by atoms with Crippen LogP contribution in [0.25, 0.3) is 0 Å². The van der Waals surface area contributed by atoms with E-state index >= 15 is 0 Å². The van der Waals surface area contributed by atoms with Crippen molar-refractivity contribution in [1.29, 1.82) is 0 Å². The Labute approximate surface area is 108 Å². The van der Waals surface area contributed by atoms with Gasteiger partial charge in [-0.3, -0.25) is 0 Å². The number of hydrogen-bond acceptors (Lipinski definition) is 1. The van der Waals surface area contributed by atoms with Gasteiger partial charge in [0.25, 0.3) is 0 Å². The fourth-order valence-electron chi connectivity index (χ4n) is 2.53. The summed E-state index contributed by atoms with van der Waals surface area (Å²) in [5.41, 5.74) is 3.65. The van der Waals surface area contributed by atoms with E-state index in [0.29, 0.717) is 12.3 Å². The zero-order valence-electron chi connectivity index (χ0n) is 10.4. The van der Waals surface area contributed by atoms with Crippen LogP contribution in [-0.2, 0) is 6.42 Å². The second kappa shape index (κ2) is 4.95. The predicted octanol–water partition coefficient (Wildman–Crippen LogP) is 3.84. The third kappa shape index (κ3) is 2.46. The minimum absolute atomic E-state index is 0.385. The summed E-state index contributed by atoms with van der Waals surface area (Å²) in [7, 11) is 0. The Balaban J connectivity index is 1.82. The van der Waals surface area contributed by atoms with Crippen molar-refractivity contribution < 1.29 is 5.11 Å². The lowest BCUT2D eigenvalue weighted by molar-refractivity contribution is 0.177. The minimum atomic E-state index is -0.385. The van der Waals surface area contributed by atoms with Crippen LogP contribution in [0.15, 0.2) is 54.6 Å². The molecule has 0 aliphatic heterocycles. The molecule has 1 unspecified atom stereocenters. The second-order valence-corrected chi connectivity index (χ2v) is 5.11. The van der Waals surface area contributed by atoms with Gasteiger partial charge in [-0.15, -0.1) is 0 Å². The van der Waals surface area contributed by atoms with Gasteiger partial charge in [-0.25, -0.2) is 0 Å². The van der Waals surface area contributed by atoms with E-state index in [1.807, 2.05) is 24.3 Å². The van der Waals surface area contributed by atoms with Crippen LogP contribution in [0.4, 0.5) is 0 Å². The summed E-state index contributed by atoms with van der Waals surface area (Å²) in [6.45, 7) is 0. The number of hydrogen-bond donors (Lipinski definition) is 1. The molecular weight excluding hydrogens is 220 g/mol. The molecule has 3 rings (SSSR count). The normalized spacial score (nSPS) is 16.5. The van der Waals surface area contributed by atoms with Gasteiger partial charge in [-0.2, -0.15) is 0 Å². The fraction of sp³-hybridized carbons (Fsp3) is 0.294. The molecular formula is C17H18O. The molecule has 0 aromatic heterocycles. The third-order valence-corrected chi connectivity index (χ3v) is 3.64. The highest BCUT2D eigenvalue weighted by Crippen LogP contribution is 2.43. The predicted molar refractivity (Wildman–Crippen MR) is 73.5 cm³/mol. The monoisotopic (exact) mass is 238 g/mol. The first-order chi connectivity index (χ1) is 8.84. The molecule has 0 spiro atoms. The lowest BCUT2D eigenvalue weighted by Gasteiger charge is -2.15. The molecule has 1 N–H and O–H groups in total. The van der Waals surface area contributed by atoms with Crippen LogP contribution in [-0.4, -0.2) is 5.11 Å². The topological polar surface area (TPSA) is 20.2 Å². The van der Waals surface area contributed by atoms with Crippen molar-refractivity contribution in [2.45, 2.75) is 31.3 Å². The van der Waals surface area contributed by atoms with E-state index in [9.17, 15) is 5.11 Å². The number of rotatable bonds is 4. The van der Waals surface area contributed by atoms with Crippen molar-refractivity contribution >= 4 is 0 Å². The average molecular weight is 238 g/mol. The third-order valence-electron chi connectivity index (χ3n) is 3.64. The molecule has 0 bridgehead atoms. The maximum Gasteiger partial charge on any atom is 0.0833 e. The Morgan fingerprint density at radius 1 is 0.944 bits per heavy atom. The van der Waals surface area contributed by atoms with E-state index in [4.69, 9.17) is 0 Å². The van der Waals surface area contributed by atoms with Crippen LogP contribution in [0.1, 0.15) is 41.6 Å². The van der Waals surface area contributed by atoms with E-state index in [0.717, 1.165) is 5.56 Å². The first kappa shape index (κ1) is 11.5. The van der Waals surface area contributed by atoms with Crippen molar-refractivity contribution in [3.05, 3.63) is 71.3 Å². The number of aliphatic hydroxyl groups is 1. The Kier molecular flexibility index (Phi) is 3.16. The summed E-state index contributed by atoms with van der Waals surface area (Å²) < 4.78 is 0. The van der Waals surface area contributed by atoms with Gasteiger partial charge < -0.3 is 5.11 Å². The highest BCUT2D eigenvalue weighted by molar-refractivity contribution is 5.35. The summed E-state index contributed by atoms with van der Waals surface area (Å²) >= 11 is 0. The average Bonchev–Trinajstić information content (AvgIpc) is 3.24. The molecule has 0 radical (unpaired) electrons. The van der Waals surface area contributed by atoms with Crippen molar-refractivity contribution in [3.8, 4) is 0 Å². The summed E-state index contributed by atoms with van der Waals surface area (Å²) in [6, 6.07) is 18.5. The molecule has 0 heterocycles. The number of aliphatic hydroxyl groups excluding tert-OH is 1. The number of benzene rings is 2. The Hall–Kier alpha value is -1.60. The maximum absolute atomic E-state index is 10.4. The van der Waals surface area contributed by atoms with Gasteiger partial charge in [0.15, 0.2) is 0 Å². The molecule has 0 saturated heterocycles. The van der Waals surface area contributed by atoms with E-state index in [1.165, 1.54) is 24.0 Å². The summed E-state index contributed by atoms with van der Waals surface area (Å²) in [5.74, 6) is 0.687. The highest BCUT2D eigenvalue weighted by atomic mass is 16.3. The Morgan fingerprint density at radius 3 is 2.33 bits per heavy atom. The zero-order chi connectivity index (χ0) is 12.4. The van der Waals surface area contributed by atoms with Crippen LogP contribution in [0.2, 0.25) is 0 Å². The molecule has 92 valence electrons.